The van der Waals surface area contributed by atoms with Gasteiger partial charge in [0.2, 0.25) is 0 Å². The van der Waals surface area contributed by atoms with Gasteiger partial charge in [0.25, 0.3) is 0 Å². The molecule has 3 heteroatoms. The van der Waals surface area contributed by atoms with E-state index in [-0.39, 0.29) is 0 Å². The predicted octanol–water partition coefficient (Wildman–Crippen LogP) is 2.26. The van der Waals surface area contributed by atoms with Gasteiger partial charge in [-0.25, -0.2) is 0 Å². The van der Waals surface area contributed by atoms with Gasteiger partial charge in [0.1, 0.15) is 5.60 Å². The van der Waals surface area contributed by atoms with E-state index in [4.69, 9.17) is 0 Å². The molecular formula is C9H14OS2. The van der Waals surface area contributed by atoms with Crippen LogP contribution in [-0.4, -0.2) is 26.8 Å². The molecule has 0 aromatic heterocycles. The highest BCUT2D eigenvalue weighted by Gasteiger charge is 2.37. The minimum atomic E-state index is -0.490. The molecule has 0 aromatic rings. The van der Waals surface area contributed by atoms with Crippen molar-refractivity contribution in [3.8, 4) is 0 Å². The molecule has 2 aliphatic rings. The van der Waals surface area contributed by atoms with Crippen molar-refractivity contribution < 1.29 is 5.11 Å². The van der Waals surface area contributed by atoms with Crippen molar-refractivity contribution in [3.63, 3.8) is 0 Å². The molecule has 68 valence electrons. The van der Waals surface area contributed by atoms with E-state index in [0.717, 1.165) is 12.8 Å². The van der Waals surface area contributed by atoms with Gasteiger partial charge >= 0.3 is 0 Å². The molecule has 0 aromatic carbocycles. The Balaban J connectivity index is 2.01. The third-order valence-corrected chi connectivity index (χ3v) is 5.64. The summed E-state index contributed by atoms with van der Waals surface area (Å²) in [5.74, 6) is 2.43. The van der Waals surface area contributed by atoms with Crippen LogP contribution in [-0.2, 0) is 0 Å². The normalized spacial score (nSPS) is 37.4. The zero-order valence-corrected chi connectivity index (χ0v) is 8.66. The van der Waals surface area contributed by atoms with Crippen LogP contribution in [0.5, 0.6) is 0 Å². The highest BCUT2D eigenvalue weighted by molar-refractivity contribution is 8.17. The molecule has 1 heterocycles. The summed E-state index contributed by atoms with van der Waals surface area (Å²) in [5.41, 5.74) is -0.490. The van der Waals surface area contributed by atoms with Crippen molar-refractivity contribution in [3.05, 3.63) is 12.2 Å². The molecule has 1 saturated heterocycles. The highest BCUT2D eigenvalue weighted by atomic mass is 32.2. The maximum absolute atomic E-state index is 10.2. The Kier molecular flexibility index (Phi) is 2.72. The average molecular weight is 202 g/mol. The largest absolute Gasteiger partial charge is 0.384 e. The second-order valence-electron chi connectivity index (χ2n) is 3.36. The van der Waals surface area contributed by atoms with Gasteiger partial charge in [0.15, 0.2) is 0 Å². The summed E-state index contributed by atoms with van der Waals surface area (Å²) in [6.07, 6.45) is 7.39. The zero-order valence-electron chi connectivity index (χ0n) is 7.03. The lowest BCUT2D eigenvalue weighted by Crippen LogP contribution is -2.35. The van der Waals surface area contributed by atoms with Crippen LogP contribution in [0, 0.1) is 0 Å². The van der Waals surface area contributed by atoms with Crippen molar-refractivity contribution in [1.82, 2.24) is 0 Å². The monoisotopic (exact) mass is 202 g/mol. The summed E-state index contributed by atoms with van der Waals surface area (Å²) in [7, 11) is 0. The maximum Gasteiger partial charge on any atom is 0.104 e. The van der Waals surface area contributed by atoms with E-state index < -0.39 is 5.60 Å². The molecule has 0 bridgehead atoms. The van der Waals surface area contributed by atoms with Gasteiger partial charge in [-0.15, -0.1) is 23.5 Å². The second-order valence-corrected chi connectivity index (χ2v) is 6.08. The van der Waals surface area contributed by atoms with Crippen LogP contribution < -0.4 is 0 Å². The first-order valence-electron chi connectivity index (χ1n) is 4.44. The summed E-state index contributed by atoms with van der Waals surface area (Å²) in [6, 6.07) is 0. The van der Waals surface area contributed by atoms with Gasteiger partial charge in [-0.05, 0) is 30.8 Å². The van der Waals surface area contributed by atoms with Crippen molar-refractivity contribution in [2.45, 2.75) is 29.4 Å². The van der Waals surface area contributed by atoms with Crippen molar-refractivity contribution >= 4 is 23.5 Å². The van der Waals surface area contributed by atoms with Gasteiger partial charge in [-0.2, -0.15) is 0 Å². The number of hydrogen-bond acceptors (Lipinski definition) is 3. The standard InChI is InChI=1S/C9H14OS2/c10-9(4-1-2-5-9)8-11-6-3-7-12-8/h1,4,8,10H,2-3,5-7H2. The molecule has 2 rings (SSSR count). The van der Waals surface area contributed by atoms with Crippen molar-refractivity contribution in [2.24, 2.45) is 0 Å². The van der Waals surface area contributed by atoms with E-state index in [1.807, 2.05) is 29.6 Å². The Morgan fingerprint density at radius 1 is 1.33 bits per heavy atom. The quantitative estimate of drug-likeness (QED) is 0.659. The molecule has 1 N–H and O–H groups in total. The SMILES string of the molecule is OC1(C2SCCCS2)C=CCC1. The number of rotatable bonds is 1. The zero-order chi connectivity index (χ0) is 8.44. The molecule has 0 spiro atoms. The fourth-order valence-electron chi connectivity index (χ4n) is 1.66. The van der Waals surface area contributed by atoms with E-state index in [1.165, 1.54) is 17.9 Å². The van der Waals surface area contributed by atoms with Crippen molar-refractivity contribution in [2.75, 3.05) is 11.5 Å². The lowest BCUT2D eigenvalue weighted by Gasteiger charge is -2.32. The summed E-state index contributed by atoms with van der Waals surface area (Å²) >= 11 is 3.84. The smallest absolute Gasteiger partial charge is 0.104 e. The van der Waals surface area contributed by atoms with Crippen LogP contribution in [0.3, 0.4) is 0 Å². The molecule has 1 aliphatic carbocycles. The first-order chi connectivity index (χ1) is 5.81. The lowest BCUT2D eigenvalue weighted by molar-refractivity contribution is 0.109. The summed E-state index contributed by atoms with van der Waals surface area (Å²) in [6.45, 7) is 0. The minimum Gasteiger partial charge on any atom is -0.384 e. The Morgan fingerprint density at radius 2 is 2.08 bits per heavy atom. The Bertz CT molecular complexity index is 187. The molecular weight excluding hydrogens is 188 g/mol. The molecule has 1 aliphatic heterocycles. The fraction of sp³-hybridized carbons (Fsp3) is 0.778. The summed E-state index contributed by atoms with van der Waals surface area (Å²) < 4.78 is 0.394. The Hall–Kier alpha value is 0.400. The van der Waals surface area contributed by atoms with Crippen LogP contribution in [0.2, 0.25) is 0 Å². The van der Waals surface area contributed by atoms with Crippen LogP contribution in [0.4, 0.5) is 0 Å². The second kappa shape index (κ2) is 3.64. The van der Waals surface area contributed by atoms with E-state index in [1.54, 1.807) is 0 Å². The third-order valence-electron chi connectivity index (χ3n) is 2.35. The highest BCUT2D eigenvalue weighted by Crippen LogP contribution is 2.42. The molecule has 0 radical (unpaired) electrons. The van der Waals surface area contributed by atoms with Gasteiger partial charge in [0, 0.05) is 0 Å². The van der Waals surface area contributed by atoms with Gasteiger partial charge in [-0.3, -0.25) is 0 Å². The van der Waals surface area contributed by atoms with E-state index in [0.29, 0.717) is 4.58 Å². The average Bonchev–Trinajstić information content (AvgIpc) is 2.55. The van der Waals surface area contributed by atoms with Crippen LogP contribution >= 0.6 is 23.5 Å². The van der Waals surface area contributed by atoms with Gasteiger partial charge in [0.05, 0.1) is 4.58 Å². The van der Waals surface area contributed by atoms with Crippen LogP contribution in [0.25, 0.3) is 0 Å². The molecule has 0 amide bonds. The molecule has 0 saturated carbocycles. The van der Waals surface area contributed by atoms with Gasteiger partial charge in [-0.1, -0.05) is 12.2 Å². The third kappa shape index (κ3) is 1.68. The molecule has 1 atom stereocenters. The van der Waals surface area contributed by atoms with E-state index >= 15 is 0 Å². The van der Waals surface area contributed by atoms with Gasteiger partial charge < -0.3 is 5.11 Å². The minimum absolute atomic E-state index is 0.394. The predicted molar refractivity (Wildman–Crippen MR) is 56.6 cm³/mol. The molecule has 1 nitrogen and oxygen atoms in total. The first-order valence-corrected chi connectivity index (χ1v) is 6.54. The lowest BCUT2D eigenvalue weighted by atomic mass is 10.1. The molecule has 1 fully saturated rings. The van der Waals surface area contributed by atoms with E-state index in [2.05, 4.69) is 6.08 Å². The van der Waals surface area contributed by atoms with E-state index in [9.17, 15) is 5.11 Å². The Labute approximate surface area is 82.0 Å². The fourth-order valence-corrected chi connectivity index (χ4v) is 4.82. The number of aliphatic hydroxyl groups is 1. The topological polar surface area (TPSA) is 20.2 Å². The molecule has 1 unspecified atom stereocenters. The van der Waals surface area contributed by atoms with Crippen LogP contribution in [0.1, 0.15) is 19.3 Å². The maximum atomic E-state index is 10.2. The number of thioether (sulfide) groups is 2. The van der Waals surface area contributed by atoms with Crippen molar-refractivity contribution in [1.29, 1.82) is 0 Å². The summed E-state index contributed by atoms with van der Waals surface area (Å²) in [4.78, 5) is 0. The first kappa shape index (κ1) is 8.97. The number of hydrogen-bond donors (Lipinski definition) is 1. The number of allylic oxidation sites excluding steroid dienone is 1. The molecule has 12 heavy (non-hydrogen) atoms. The van der Waals surface area contributed by atoms with Crippen LogP contribution in [0.15, 0.2) is 12.2 Å². The Morgan fingerprint density at radius 3 is 2.67 bits per heavy atom. The summed E-state index contributed by atoms with van der Waals surface area (Å²) in [5, 5.41) is 10.2.